The number of benzene rings is 1. The van der Waals surface area contributed by atoms with Gasteiger partial charge in [-0.05, 0) is 18.2 Å². The topological polar surface area (TPSA) is 113 Å². The van der Waals surface area contributed by atoms with E-state index in [0.29, 0.717) is 5.69 Å². The number of aromatic carboxylic acids is 2. The highest BCUT2D eigenvalue weighted by atomic mass is 16.4. The molecule has 0 spiro atoms. The second-order valence-corrected chi connectivity index (χ2v) is 2.79. The Hall–Kier alpha value is -2.08. The third-order valence-electron chi connectivity index (χ3n) is 1.73. The summed E-state index contributed by atoms with van der Waals surface area (Å²) in [6.07, 6.45) is 0. The lowest BCUT2D eigenvalue weighted by Gasteiger charge is -2.05. The fourth-order valence-electron chi connectivity index (χ4n) is 1.09. The molecule has 0 atom stereocenters. The van der Waals surface area contributed by atoms with Crippen molar-refractivity contribution in [3.63, 3.8) is 0 Å². The fourth-order valence-corrected chi connectivity index (χ4v) is 1.09. The van der Waals surface area contributed by atoms with Gasteiger partial charge in [-0.2, -0.15) is 0 Å². The molecule has 0 aromatic heterocycles. The Labute approximate surface area is 85.3 Å². The van der Waals surface area contributed by atoms with Gasteiger partial charge in [-0.25, -0.2) is 9.59 Å². The van der Waals surface area contributed by atoms with Crippen molar-refractivity contribution in [3.8, 4) is 0 Å². The fraction of sp³-hybridized carbons (Fsp3) is 0.111. The molecule has 0 aliphatic rings. The van der Waals surface area contributed by atoms with Crippen molar-refractivity contribution in [3.05, 3.63) is 29.3 Å². The van der Waals surface area contributed by atoms with Crippen LogP contribution in [0, 0.1) is 0 Å². The maximum Gasteiger partial charge on any atom is 0.335 e. The zero-order valence-corrected chi connectivity index (χ0v) is 7.73. The maximum absolute atomic E-state index is 10.7. The summed E-state index contributed by atoms with van der Waals surface area (Å²) in [5, 5.41) is 20.1. The number of nitrogens with two attached hydrogens (primary N) is 1. The summed E-state index contributed by atoms with van der Waals surface area (Å²) in [6.45, 7) is 0.0993. The van der Waals surface area contributed by atoms with Crippen molar-refractivity contribution in [2.24, 2.45) is 5.73 Å². The van der Waals surface area contributed by atoms with Crippen molar-refractivity contribution in [1.29, 1.82) is 0 Å². The van der Waals surface area contributed by atoms with Gasteiger partial charge in [0, 0.05) is 5.69 Å². The summed E-state index contributed by atoms with van der Waals surface area (Å²) < 4.78 is 0. The van der Waals surface area contributed by atoms with Crippen LogP contribution in [0.5, 0.6) is 0 Å². The first kappa shape index (κ1) is 11.0. The van der Waals surface area contributed by atoms with Gasteiger partial charge in [0.15, 0.2) is 0 Å². The van der Waals surface area contributed by atoms with E-state index >= 15 is 0 Å². The number of carbonyl (C=O) groups is 2. The van der Waals surface area contributed by atoms with Gasteiger partial charge in [-0.3, -0.25) is 0 Å². The average molecular weight is 210 g/mol. The van der Waals surface area contributed by atoms with Crippen molar-refractivity contribution in [2.75, 3.05) is 12.0 Å². The van der Waals surface area contributed by atoms with Gasteiger partial charge in [0.05, 0.1) is 17.8 Å². The quantitative estimate of drug-likeness (QED) is 0.535. The smallest absolute Gasteiger partial charge is 0.335 e. The van der Waals surface area contributed by atoms with Gasteiger partial charge in [0.1, 0.15) is 0 Å². The van der Waals surface area contributed by atoms with Gasteiger partial charge in [-0.1, -0.05) is 0 Å². The molecule has 1 aromatic rings. The molecule has 80 valence electrons. The van der Waals surface area contributed by atoms with Crippen molar-refractivity contribution in [2.45, 2.75) is 0 Å². The van der Waals surface area contributed by atoms with Crippen LogP contribution in [-0.4, -0.2) is 28.8 Å². The molecule has 1 rings (SSSR count). The lowest BCUT2D eigenvalue weighted by molar-refractivity contribution is 0.0696. The second-order valence-electron chi connectivity index (χ2n) is 2.79. The van der Waals surface area contributed by atoms with Crippen LogP contribution in [0.15, 0.2) is 18.2 Å². The van der Waals surface area contributed by atoms with Gasteiger partial charge in [0.25, 0.3) is 0 Å². The molecule has 6 heteroatoms. The molecule has 0 saturated carbocycles. The standard InChI is InChI=1S/C9H10N2O4/c10-4-11-7-2-5(8(12)13)1-6(3-7)9(14)15/h1-3,11H,4,10H2,(H,12,13)(H,14,15). The molecule has 0 amide bonds. The lowest BCUT2D eigenvalue weighted by atomic mass is 10.1. The summed E-state index contributed by atoms with van der Waals surface area (Å²) in [6, 6.07) is 3.73. The molecule has 0 aliphatic heterocycles. The van der Waals surface area contributed by atoms with E-state index < -0.39 is 11.9 Å². The molecule has 0 bridgehead atoms. The second kappa shape index (κ2) is 4.43. The highest BCUT2D eigenvalue weighted by molar-refractivity contribution is 5.95. The monoisotopic (exact) mass is 210 g/mol. The zero-order chi connectivity index (χ0) is 11.4. The largest absolute Gasteiger partial charge is 0.478 e. The summed E-state index contributed by atoms with van der Waals surface area (Å²) >= 11 is 0. The van der Waals surface area contributed by atoms with E-state index in [1.54, 1.807) is 0 Å². The SMILES string of the molecule is NCNc1cc(C(=O)O)cc(C(=O)O)c1. The minimum Gasteiger partial charge on any atom is -0.478 e. The van der Waals surface area contributed by atoms with Crippen LogP contribution in [0.2, 0.25) is 0 Å². The third kappa shape index (κ3) is 2.68. The highest BCUT2D eigenvalue weighted by Gasteiger charge is 2.10. The Morgan fingerprint density at radius 2 is 1.60 bits per heavy atom. The molecule has 1 aromatic carbocycles. The van der Waals surface area contributed by atoms with E-state index in [0.717, 1.165) is 6.07 Å². The minimum absolute atomic E-state index is 0.0918. The Morgan fingerprint density at radius 3 is 1.93 bits per heavy atom. The lowest BCUT2D eigenvalue weighted by Crippen LogP contribution is -2.12. The molecule has 0 fully saturated rings. The van der Waals surface area contributed by atoms with Crippen LogP contribution in [0.1, 0.15) is 20.7 Å². The Balaban J connectivity index is 3.19. The molecule has 5 N–H and O–H groups in total. The van der Waals surface area contributed by atoms with Crippen LogP contribution in [0.25, 0.3) is 0 Å². The van der Waals surface area contributed by atoms with E-state index in [1.165, 1.54) is 12.1 Å². The average Bonchev–Trinajstić information content (AvgIpc) is 2.17. The van der Waals surface area contributed by atoms with Gasteiger partial charge in [-0.15, -0.1) is 0 Å². The highest BCUT2D eigenvalue weighted by Crippen LogP contribution is 2.14. The Morgan fingerprint density at radius 1 is 1.13 bits per heavy atom. The summed E-state index contributed by atoms with van der Waals surface area (Å²) in [5.74, 6) is -2.36. The van der Waals surface area contributed by atoms with Gasteiger partial charge < -0.3 is 21.3 Å². The van der Waals surface area contributed by atoms with Crippen molar-refractivity contribution in [1.82, 2.24) is 0 Å². The van der Waals surface area contributed by atoms with E-state index in [4.69, 9.17) is 15.9 Å². The van der Waals surface area contributed by atoms with Gasteiger partial charge >= 0.3 is 11.9 Å². The molecule has 15 heavy (non-hydrogen) atoms. The van der Waals surface area contributed by atoms with Crippen molar-refractivity contribution < 1.29 is 19.8 Å². The van der Waals surface area contributed by atoms with Gasteiger partial charge in [0.2, 0.25) is 0 Å². The molecule has 0 aliphatic carbocycles. The first-order chi connectivity index (χ1) is 7.04. The number of hydrogen-bond acceptors (Lipinski definition) is 4. The summed E-state index contributed by atoms with van der Waals surface area (Å²) in [4.78, 5) is 21.4. The van der Waals surface area contributed by atoms with Crippen LogP contribution < -0.4 is 11.1 Å². The number of rotatable bonds is 4. The van der Waals surface area contributed by atoms with Crippen LogP contribution in [0.3, 0.4) is 0 Å². The molecule has 0 radical (unpaired) electrons. The molecular formula is C9H10N2O4. The first-order valence-corrected chi connectivity index (χ1v) is 4.10. The minimum atomic E-state index is -1.18. The van der Waals surface area contributed by atoms with E-state index in [1.807, 2.05) is 0 Å². The molecule has 6 nitrogen and oxygen atoms in total. The number of carboxylic acids is 2. The summed E-state index contributed by atoms with van der Waals surface area (Å²) in [7, 11) is 0. The molecule has 0 heterocycles. The zero-order valence-electron chi connectivity index (χ0n) is 7.73. The van der Waals surface area contributed by atoms with Crippen LogP contribution in [0.4, 0.5) is 5.69 Å². The predicted molar refractivity (Wildman–Crippen MR) is 53.0 cm³/mol. The number of hydrogen-bond donors (Lipinski definition) is 4. The van der Waals surface area contributed by atoms with Crippen molar-refractivity contribution >= 4 is 17.6 Å². The Kier molecular flexibility index (Phi) is 3.25. The molecule has 0 saturated heterocycles. The number of anilines is 1. The predicted octanol–water partition coefficient (Wildman–Crippen LogP) is 0.411. The van der Waals surface area contributed by atoms with E-state index in [9.17, 15) is 9.59 Å². The number of carboxylic acid groups (broad SMARTS) is 2. The van der Waals surface area contributed by atoms with E-state index in [-0.39, 0.29) is 17.8 Å². The molecule has 0 unspecified atom stereocenters. The van der Waals surface area contributed by atoms with E-state index in [2.05, 4.69) is 5.32 Å². The maximum atomic E-state index is 10.7. The van der Waals surface area contributed by atoms with Crippen LogP contribution >= 0.6 is 0 Å². The Bertz CT molecular complexity index is 371. The van der Waals surface area contributed by atoms with Crippen LogP contribution in [-0.2, 0) is 0 Å². The summed E-state index contributed by atoms with van der Waals surface area (Å²) in [5.41, 5.74) is 5.39. The first-order valence-electron chi connectivity index (χ1n) is 4.10. The normalized spacial score (nSPS) is 9.67. The third-order valence-corrected chi connectivity index (χ3v) is 1.73. The number of nitrogens with one attached hydrogen (secondary N) is 1. The molecular weight excluding hydrogens is 200 g/mol.